The quantitative estimate of drug-likeness (QED) is 0.645. The number of carbonyl (C=O) groups excluding carboxylic acids is 1. The lowest BCUT2D eigenvalue weighted by Crippen LogP contribution is -2.36. The van der Waals surface area contributed by atoms with Gasteiger partial charge in [-0.3, -0.25) is 9.69 Å². The third-order valence-corrected chi connectivity index (χ3v) is 5.90. The SMILES string of the molecule is Cc1oc(-c2cccs2)nc1CC(=O)NCc1ccccc1CN1CCOCC1. The number of carbonyl (C=O) groups is 1. The molecule has 1 saturated heterocycles. The molecule has 2 aromatic heterocycles. The van der Waals surface area contributed by atoms with Gasteiger partial charge < -0.3 is 14.5 Å². The molecule has 0 radical (unpaired) electrons. The molecule has 0 saturated carbocycles. The Bertz CT molecular complexity index is 946. The van der Waals surface area contributed by atoms with Crippen molar-refractivity contribution >= 4 is 17.2 Å². The Labute approximate surface area is 174 Å². The van der Waals surface area contributed by atoms with E-state index in [9.17, 15) is 4.79 Å². The summed E-state index contributed by atoms with van der Waals surface area (Å²) in [5.41, 5.74) is 3.07. The van der Waals surface area contributed by atoms with Crippen LogP contribution in [-0.2, 0) is 29.0 Å². The molecule has 3 heterocycles. The Morgan fingerprint density at radius 2 is 1.97 bits per heavy atom. The first kappa shape index (κ1) is 19.8. The number of aryl methyl sites for hydroxylation is 1. The molecule has 0 unspecified atom stereocenters. The fourth-order valence-corrected chi connectivity index (χ4v) is 4.04. The zero-order valence-corrected chi connectivity index (χ0v) is 17.3. The summed E-state index contributed by atoms with van der Waals surface area (Å²) in [6, 6.07) is 12.2. The minimum absolute atomic E-state index is 0.0553. The van der Waals surface area contributed by atoms with Gasteiger partial charge in [-0.2, -0.15) is 0 Å². The largest absolute Gasteiger partial charge is 0.440 e. The van der Waals surface area contributed by atoms with Crippen LogP contribution in [0.15, 0.2) is 46.2 Å². The summed E-state index contributed by atoms with van der Waals surface area (Å²) in [5, 5.41) is 5.02. The van der Waals surface area contributed by atoms with Crippen molar-refractivity contribution in [2.75, 3.05) is 26.3 Å². The summed E-state index contributed by atoms with van der Waals surface area (Å²) >= 11 is 1.57. The van der Waals surface area contributed by atoms with Gasteiger partial charge in [0.25, 0.3) is 0 Å². The van der Waals surface area contributed by atoms with Crippen molar-refractivity contribution in [2.24, 2.45) is 0 Å². The van der Waals surface area contributed by atoms with Crippen LogP contribution in [0, 0.1) is 6.92 Å². The summed E-state index contributed by atoms with van der Waals surface area (Å²) < 4.78 is 11.2. The maximum atomic E-state index is 12.5. The first-order chi connectivity index (χ1) is 14.2. The number of thiophene rings is 1. The lowest BCUT2D eigenvalue weighted by molar-refractivity contribution is -0.120. The van der Waals surface area contributed by atoms with Crippen molar-refractivity contribution in [3.8, 4) is 10.8 Å². The van der Waals surface area contributed by atoms with Gasteiger partial charge in [-0.1, -0.05) is 30.3 Å². The zero-order valence-electron chi connectivity index (χ0n) is 16.5. The molecule has 4 rings (SSSR count). The molecule has 1 N–H and O–H groups in total. The number of nitrogens with one attached hydrogen (secondary N) is 1. The zero-order chi connectivity index (χ0) is 20.1. The highest BCUT2D eigenvalue weighted by atomic mass is 32.1. The van der Waals surface area contributed by atoms with Crippen molar-refractivity contribution < 1.29 is 13.9 Å². The molecule has 0 spiro atoms. The summed E-state index contributed by atoms with van der Waals surface area (Å²) in [6.45, 7) is 6.69. The molecular formula is C22H25N3O3S. The third-order valence-electron chi connectivity index (χ3n) is 5.04. The average molecular weight is 412 g/mol. The first-order valence-electron chi connectivity index (χ1n) is 9.83. The molecule has 7 heteroatoms. The Morgan fingerprint density at radius 1 is 1.17 bits per heavy atom. The highest BCUT2D eigenvalue weighted by molar-refractivity contribution is 7.13. The van der Waals surface area contributed by atoms with E-state index < -0.39 is 0 Å². The summed E-state index contributed by atoms with van der Waals surface area (Å²) in [6.07, 6.45) is 0.215. The molecule has 0 bridgehead atoms. The summed E-state index contributed by atoms with van der Waals surface area (Å²) in [7, 11) is 0. The molecule has 3 aromatic rings. The number of nitrogens with zero attached hydrogens (tertiary/aromatic N) is 2. The molecule has 152 valence electrons. The monoisotopic (exact) mass is 411 g/mol. The highest BCUT2D eigenvalue weighted by Crippen LogP contribution is 2.26. The molecule has 0 aliphatic carbocycles. The minimum atomic E-state index is -0.0553. The smallest absolute Gasteiger partial charge is 0.236 e. The second kappa shape index (κ2) is 9.35. The number of hydrogen-bond donors (Lipinski definition) is 1. The van der Waals surface area contributed by atoms with Crippen molar-refractivity contribution in [2.45, 2.75) is 26.4 Å². The Balaban J connectivity index is 1.35. The number of ether oxygens (including phenoxy) is 1. The van der Waals surface area contributed by atoms with Crippen LogP contribution in [0.25, 0.3) is 10.8 Å². The molecule has 1 amide bonds. The van der Waals surface area contributed by atoms with E-state index in [0.717, 1.165) is 43.3 Å². The molecule has 1 fully saturated rings. The van der Waals surface area contributed by atoms with Gasteiger partial charge in [-0.25, -0.2) is 4.98 Å². The predicted molar refractivity (Wildman–Crippen MR) is 113 cm³/mol. The van der Waals surface area contributed by atoms with Gasteiger partial charge >= 0.3 is 0 Å². The van der Waals surface area contributed by atoms with Crippen LogP contribution in [0.3, 0.4) is 0 Å². The lowest BCUT2D eigenvalue weighted by Gasteiger charge is -2.27. The topological polar surface area (TPSA) is 67.6 Å². The predicted octanol–water partition coefficient (Wildman–Crippen LogP) is 3.40. The van der Waals surface area contributed by atoms with Gasteiger partial charge in [0, 0.05) is 26.2 Å². The standard InChI is InChI=1S/C22H25N3O3S/c1-16-19(24-22(28-16)20-7-4-12-29-20)13-21(26)23-14-17-5-2-3-6-18(17)15-25-8-10-27-11-9-25/h2-7,12H,8-11,13-15H2,1H3,(H,23,26). The first-order valence-corrected chi connectivity index (χ1v) is 10.7. The number of morpholine rings is 1. The van der Waals surface area contributed by atoms with E-state index in [1.165, 1.54) is 5.56 Å². The number of rotatable bonds is 7. The molecule has 6 nitrogen and oxygen atoms in total. The van der Waals surface area contributed by atoms with E-state index in [2.05, 4.69) is 27.3 Å². The fraction of sp³-hybridized carbons (Fsp3) is 0.364. The van der Waals surface area contributed by atoms with Gasteiger partial charge in [0.15, 0.2) is 0 Å². The maximum Gasteiger partial charge on any atom is 0.236 e. The van der Waals surface area contributed by atoms with Crippen LogP contribution >= 0.6 is 11.3 Å². The van der Waals surface area contributed by atoms with Gasteiger partial charge in [-0.15, -0.1) is 11.3 Å². The molecular weight excluding hydrogens is 386 g/mol. The molecule has 0 atom stereocenters. The number of oxazole rings is 1. The Hall–Kier alpha value is -2.48. The van der Waals surface area contributed by atoms with Crippen LogP contribution < -0.4 is 5.32 Å². The molecule has 1 aliphatic rings. The van der Waals surface area contributed by atoms with E-state index >= 15 is 0 Å². The maximum absolute atomic E-state index is 12.5. The van der Waals surface area contributed by atoms with Crippen LogP contribution in [0.2, 0.25) is 0 Å². The van der Waals surface area contributed by atoms with E-state index in [1.54, 1.807) is 11.3 Å². The number of hydrogen-bond acceptors (Lipinski definition) is 6. The van der Waals surface area contributed by atoms with E-state index in [4.69, 9.17) is 9.15 Å². The summed E-state index contributed by atoms with van der Waals surface area (Å²) in [4.78, 5) is 20.4. The van der Waals surface area contributed by atoms with Crippen LogP contribution in [0.1, 0.15) is 22.6 Å². The van der Waals surface area contributed by atoms with Crippen LogP contribution in [0.5, 0.6) is 0 Å². The Kier molecular flexibility index (Phi) is 6.39. The van der Waals surface area contributed by atoms with Crippen molar-refractivity contribution in [1.82, 2.24) is 15.2 Å². The fourth-order valence-electron chi connectivity index (χ4n) is 3.39. The third kappa shape index (κ3) is 5.12. The number of benzene rings is 1. The van der Waals surface area contributed by atoms with Crippen molar-refractivity contribution in [3.05, 3.63) is 64.4 Å². The molecule has 29 heavy (non-hydrogen) atoms. The minimum Gasteiger partial charge on any atom is -0.440 e. The van der Waals surface area contributed by atoms with Crippen molar-refractivity contribution in [3.63, 3.8) is 0 Å². The lowest BCUT2D eigenvalue weighted by atomic mass is 10.1. The number of amides is 1. The Morgan fingerprint density at radius 3 is 2.72 bits per heavy atom. The van der Waals surface area contributed by atoms with Gasteiger partial charge in [0.1, 0.15) is 5.76 Å². The van der Waals surface area contributed by atoms with E-state index in [-0.39, 0.29) is 12.3 Å². The van der Waals surface area contributed by atoms with Crippen LogP contribution in [-0.4, -0.2) is 42.1 Å². The van der Waals surface area contributed by atoms with Gasteiger partial charge in [0.05, 0.1) is 30.2 Å². The van der Waals surface area contributed by atoms with Crippen LogP contribution in [0.4, 0.5) is 0 Å². The summed E-state index contributed by atoms with van der Waals surface area (Å²) in [5.74, 6) is 1.22. The molecule has 1 aliphatic heterocycles. The second-order valence-electron chi connectivity index (χ2n) is 7.11. The van der Waals surface area contributed by atoms with E-state index in [0.29, 0.717) is 23.9 Å². The normalized spacial score (nSPS) is 14.8. The average Bonchev–Trinajstić information content (AvgIpc) is 3.39. The van der Waals surface area contributed by atoms with Gasteiger partial charge in [-0.05, 0) is 29.5 Å². The number of aromatic nitrogens is 1. The highest BCUT2D eigenvalue weighted by Gasteiger charge is 2.16. The van der Waals surface area contributed by atoms with Crippen molar-refractivity contribution in [1.29, 1.82) is 0 Å². The molecule has 1 aromatic carbocycles. The second-order valence-corrected chi connectivity index (χ2v) is 8.06. The van der Waals surface area contributed by atoms with Gasteiger partial charge in [0.2, 0.25) is 11.8 Å². The van der Waals surface area contributed by atoms with E-state index in [1.807, 2.05) is 36.6 Å².